The van der Waals surface area contributed by atoms with Gasteiger partial charge in [0, 0.05) is 24.5 Å². The largest absolute Gasteiger partial charge is 0.394 e. The van der Waals surface area contributed by atoms with E-state index in [1.165, 1.54) is 0 Å². The van der Waals surface area contributed by atoms with Crippen molar-refractivity contribution < 1.29 is 13.9 Å². The quantitative estimate of drug-likeness (QED) is 0.750. The van der Waals surface area contributed by atoms with Crippen LogP contribution in [0.25, 0.3) is 0 Å². The maximum atomic E-state index is 12.2. The Morgan fingerprint density at radius 2 is 2.31 bits per heavy atom. The van der Waals surface area contributed by atoms with Gasteiger partial charge in [0.2, 0.25) is 6.43 Å². The molecule has 1 N–H and O–H groups in total. The van der Waals surface area contributed by atoms with E-state index < -0.39 is 6.43 Å². The number of fused-ring (bicyclic) bond motifs is 1. The first-order valence-electron chi connectivity index (χ1n) is 5.90. The number of halogens is 2. The van der Waals surface area contributed by atoms with Gasteiger partial charge in [0.05, 0.1) is 6.61 Å². The van der Waals surface area contributed by atoms with Crippen LogP contribution in [0, 0.1) is 0 Å². The molecule has 0 amide bonds. The lowest BCUT2D eigenvalue weighted by molar-refractivity contribution is 0.0653. The van der Waals surface area contributed by atoms with E-state index in [1.54, 1.807) is 0 Å². The fraction of sp³-hybridized carbons (Fsp3) is 0.833. The monoisotopic (exact) mass is 231 g/mol. The predicted molar refractivity (Wildman–Crippen MR) is 58.5 cm³/mol. The van der Waals surface area contributed by atoms with Gasteiger partial charge in [0.15, 0.2) is 0 Å². The van der Waals surface area contributed by atoms with Crippen LogP contribution < -0.4 is 0 Å². The molecular formula is C12H19F2NO. The Kier molecular flexibility index (Phi) is 3.31. The predicted octanol–water partition coefficient (Wildman–Crippen LogP) is 2.19. The van der Waals surface area contributed by atoms with Gasteiger partial charge in [-0.1, -0.05) is 12.2 Å². The lowest BCUT2D eigenvalue weighted by atomic mass is 9.94. The van der Waals surface area contributed by atoms with Crippen molar-refractivity contribution in [1.29, 1.82) is 0 Å². The summed E-state index contributed by atoms with van der Waals surface area (Å²) >= 11 is 0. The van der Waals surface area contributed by atoms with Crippen LogP contribution in [0.5, 0.6) is 0 Å². The minimum atomic E-state index is -2.21. The second kappa shape index (κ2) is 4.41. The molecule has 0 radical (unpaired) electrons. The van der Waals surface area contributed by atoms with Gasteiger partial charge >= 0.3 is 0 Å². The molecule has 2 rings (SSSR count). The number of aliphatic hydroxyl groups excluding tert-OH is 1. The van der Waals surface area contributed by atoms with Crippen molar-refractivity contribution in [3.8, 4) is 0 Å². The number of aliphatic hydroxyl groups is 1. The first kappa shape index (κ1) is 12.0. The SMILES string of the molecule is C=C1CN2C(CCC(F)F)CCC2(CO)C1. The van der Waals surface area contributed by atoms with Crippen molar-refractivity contribution in [2.75, 3.05) is 13.2 Å². The van der Waals surface area contributed by atoms with Gasteiger partial charge < -0.3 is 5.11 Å². The van der Waals surface area contributed by atoms with E-state index in [1.807, 2.05) is 0 Å². The van der Waals surface area contributed by atoms with Crippen LogP contribution in [-0.2, 0) is 0 Å². The molecule has 2 unspecified atom stereocenters. The lowest BCUT2D eigenvalue weighted by Crippen LogP contribution is -2.45. The normalized spacial score (nSPS) is 35.0. The van der Waals surface area contributed by atoms with Gasteiger partial charge in [-0.25, -0.2) is 8.78 Å². The van der Waals surface area contributed by atoms with Crippen LogP contribution in [0.3, 0.4) is 0 Å². The Balaban J connectivity index is 2.01. The Morgan fingerprint density at radius 3 is 2.94 bits per heavy atom. The van der Waals surface area contributed by atoms with Crippen LogP contribution in [0.4, 0.5) is 8.78 Å². The van der Waals surface area contributed by atoms with Crippen LogP contribution >= 0.6 is 0 Å². The number of nitrogens with zero attached hydrogens (tertiary/aromatic N) is 1. The maximum Gasteiger partial charge on any atom is 0.238 e. The summed E-state index contributed by atoms with van der Waals surface area (Å²) in [6, 6.07) is 0.209. The zero-order chi connectivity index (χ0) is 11.8. The second-order valence-electron chi connectivity index (χ2n) is 5.10. The summed E-state index contributed by atoms with van der Waals surface area (Å²) in [6.45, 7) is 4.85. The lowest BCUT2D eigenvalue weighted by Gasteiger charge is -2.33. The number of hydrogen-bond acceptors (Lipinski definition) is 2. The summed E-state index contributed by atoms with van der Waals surface area (Å²) in [7, 11) is 0. The van der Waals surface area contributed by atoms with Crippen molar-refractivity contribution in [3.63, 3.8) is 0 Å². The molecule has 92 valence electrons. The molecule has 2 aliphatic rings. The second-order valence-corrected chi connectivity index (χ2v) is 5.10. The third-order valence-electron chi connectivity index (χ3n) is 3.98. The highest BCUT2D eigenvalue weighted by Gasteiger charge is 2.49. The molecule has 4 heteroatoms. The summed E-state index contributed by atoms with van der Waals surface area (Å²) in [6.07, 6.45) is 0.961. The van der Waals surface area contributed by atoms with Crippen molar-refractivity contribution in [3.05, 3.63) is 12.2 Å². The van der Waals surface area contributed by atoms with Gasteiger partial charge in [-0.05, 0) is 25.7 Å². The van der Waals surface area contributed by atoms with Crippen LogP contribution in [0.2, 0.25) is 0 Å². The molecule has 0 aliphatic carbocycles. The molecule has 16 heavy (non-hydrogen) atoms. The maximum absolute atomic E-state index is 12.2. The highest BCUT2D eigenvalue weighted by atomic mass is 19.3. The Hall–Kier alpha value is -0.480. The fourth-order valence-electron chi connectivity index (χ4n) is 3.22. The number of hydrogen-bond donors (Lipinski definition) is 1. The minimum Gasteiger partial charge on any atom is -0.394 e. The van der Waals surface area contributed by atoms with Gasteiger partial charge in [-0.2, -0.15) is 0 Å². The average Bonchev–Trinajstić information content (AvgIpc) is 2.70. The van der Waals surface area contributed by atoms with Crippen molar-refractivity contribution in [2.24, 2.45) is 0 Å². The molecule has 2 fully saturated rings. The highest BCUT2D eigenvalue weighted by molar-refractivity contribution is 5.19. The summed E-state index contributed by atoms with van der Waals surface area (Å²) in [5, 5.41) is 9.51. The number of rotatable bonds is 4. The Labute approximate surface area is 94.9 Å². The van der Waals surface area contributed by atoms with Gasteiger partial charge in [-0.3, -0.25) is 4.90 Å². The van der Waals surface area contributed by atoms with E-state index >= 15 is 0 Å². The van der Waals surface area contributed by atoms with Crippen LogP contribution in [0.1, 0.15) is 32.1 Å². The third kappa shape index (κ3) is 2.00. The first-order valence-corrected chi connectivity index (χ1v) is 5.90. The topological polar surface area (TPSA) is 23.5 Å². The Morgan fingerprint density at radius 1 is 1.56 bits per heavy atom. The zero-order valence-electron chi connectivity index (χ0n) is 9.46. The van der Waals surface area contributed by atoms with E-state index in [4.69, 9.17) is 0 Å². The van der Waals surface area contributed by atoms with E-state index in [0.29, 0.717) is 6.42 Å². The smallest absolute Gasteiger partial charge is 0.238 e. The van der Waals surface area contributed by atoms with E-state index in [-0.39, 0.29) is 24.6 Å². The van der Waals surface area contributed by atoms with E-state index in [0.717, 1.165) is 31.4 Å². The van der Waals surface area contributed by atoms with E-state index in [9.17, 15) is 13.9 Å². The summed E-state index contributed by atoms with van der Waals surface area (Å²) in [5.74, 6) is 0. The van der Waals surface area contributed by atoms with Gasteiger partial charge in [0.1, 0.15) is 0 Å². The highest BCUT2D eigenvalue weighted by Crippen LogP contribution is 2.44. The zero-order valence-corrected chi connectivity index (χ0v) is 9.46. The standard InChI is InChI=1S/C12H19F2NO/c1-9-6-12(8-16)5-4-10(15(12)7-9)2-3-11(13)14/h10-11,16H,1-8H2. The van der Waals surface area contributed by atoms with Crippen LogP contribution in [-0.4, -0.2) is 41.2 Å². The summed E-state index contributed by atoms with van der Waals surface area (Å²) < 4.78 is 24.4. The van der Waals surface area contributed by atoms with Crippen molar-refractivity contribution in [1.82, 2.24) is 4.90 Å². The molecule has 2 heterocycles. The van der Waals surface area contributed by atoms with Gasteiger partial charge in [-0.15, -0.1) is 0 Å². The first-order chi connectivity index (χ1) is 7.57. The molecule has 2 atom stereocenters. The summed E-state index contributed by atoms with van der Waals surface area (Å²) in [5.41, 5.74) is 0.944. The molecule has 0 spiro atoms. The molecule has 0 saturated carbocycles. The Bertz CT molecular complexity index is 282. The van der Waals surface area contributed by atoms with Crippen molar-refractivity contribution >= 4 is 0 Å². The molecule has 2 aliphatic heterocycles. The van der Waals surface area contributed by atoms with Gasteiger partial charge in [0.25, 0.3) is 0 Å². The molecular weight excluding hydrogens is 212 g/mol. The van der Waals surface area contributed by atoms with Crippen molar-refractivity contribution in [2.45, 2.75) is 50.1 Å². The summed E-state index contributed by atoms with van der Waals surface area (Å²) in [4.78, 5) is 2.21. The van der Waals surface area contributed by atoms with E-state index in [2.05, 4.69) is 11.5 Å². The minimum absolute atomic E-state index is 0.0326. The molecule has 2 nitrogen and oxygen atoms in total. The third-order valence-corrected chi connectivity index (χ3v) is 3.98. The number of alkyl halides is 2. The fourth-order valence-corrected chi connectivity index (χ4v) is 3.22. The molecule has 0 aromatic heterocycles. The molecule has 2 saturated heterocycles. The van der Waals surface area contributed by atoms with Crippen LogP contribution in [0.15, 0.2) is 12.2 Å². The molecule has 0 bridgehead atoms. The molecule has 0 aromatic rings. The average molecular weight is 231 g/mol. The molecule has 0 aromatic carbocycles.